The molecule has 3 N–H and O–H groups in total. The molecule has 0 unspecified atom stereocenters. The topological polar surface area (TPSA) is 115 Å². The maximum absolute atomic E-state index is 10.7. The van der Waals surface area contributed by atoms with E-state index in [4.69, 9.17) is 10.1 Å². The molecular formula is C7H8N4O3S. The lowest BCUT2D eigenvalue weighted by Crippen LogP contribution is -1.97. The predicted molar refractivity (Wildman–Crippen MR) is 53.5 cm³/mol. The highest BCUT2D eigenvalue weighted by Gasteiger charge is 2.07. The number of rotatable bonds is 4. The molecule has 1 aromatic carbocycles. The molecule has 0 aliphatic heterocycles. The third-order valence-corrected chi connectivity index (χ3v) is 2.33. The predicted octanol–water partition coefficient (Wildman–Crippen LogP) is 1.32. The molecule has 0 atom stereocenters. The third-order valence-electron chi connectivity index (χ3n) is 1.46. The van der Waals surface area contributed by atoms with Crippen molar-refractivity contribution in [3.05, 3.63) is 24.3 Å². The van der Waals surface area contributed by atoms with E-state index in [9.17, 15) is 8.42 Å². The van der Waals surface area contributed by atoms with Crippen LogP contribution in [0.25, 0.3) is 0 Å². The van der Waals surface area contributed by atoms with E-state index in [0.29, 0.717) is 5.69 Å². The highest BCUT2D eigenvalue weighted by Crippen LogP contribution is 2.13. The van der Waals surface area contributed by atoms with Crippen molar-refractivity contribution < 1.29 is 13.0 Å². The first-order chi connectivity index (χ1) is 7.04. The number of nitrogens with one attached hydrogen (secondary N) is 2. The van der Waals surface area contributed by atoms with Gasteiger partial charge in [0.25, 0.3) is 10.1 Å². The summed E-state index contributed by atoms with van der Waals surface area (Å²) < 4.78 is 30.0. The van der Waals surface area contributed by atoms with Gasteiger partial charge in [-0.1, -0.05) is 0 Å². The van der Waals surface area contributed by atoms with Crippen LogP contribution in [0, 0.1) is 5.53 Å². The van der Waals surface area contributed by atoms with Gasteiger partial charge in [-0.25, -0.2) is 5.53 Å². The molecule has 0 aliphatic rings. The van der Waals surface area contributed by atoms with Gasteiger partial charge in [0.05, 0.1) is 10.6 Å². The molecule has 0 amide bonds. The van der Waals surface area contributed by atoms with Crippen LogP contribution in [-0.2, 0) is 10.1 Å². The van der Waals surface area contributed by atoms with Crippen LogP contribution in [0.1, 0.15) is 0 Å². The van der Waals surface area contributed by atoms with Gasteiger partial charge < -0.3 is 0 Å². The van der Waals surface area contributed by atoms with Crippen LogP contribution in [0.15, 0.2) is 39.4 Å². The van der Waals surface area contributed by atoms with Crippen molar-refractivity contribution in [3.8, 4) is 0 Å². The first-order valence-electron chi connectivity index (χ1n) is 3.76. The summed E-state index contributed by atoms with van der Waals surface area (Å²) in [6.07, 6.45) is 0.983. The molecule has 0 saturated heterocycles. The summed E-state index contributed by atoms with van der Waals surface area (Å²) in [4.78, 5) is -0.192. The van der Waals surface area contributed by atoms with Crippen LogP contribution in [0.3, 0.4) is 0 Å². The molecule has 0 saturated carbocycles. The highest BCUT2D eigenvalue weighted by molar-refractivity contribution is 7.85. The summed E-state index contributed by atoms with van der Waals surface area (Å²) in [5.74, 6) is 0. The Labute approximate surface area is 86.1 Å². The maximum Gasteiger partial charge on any atom is 0.294 e. The standard InChI is InChI=1S/C7H8N4O3S/c8-9-5-10-11-6-1-3-7(4-2-6)15(12,13)14/h1-5,8,11H,(H,12,13,14). The largest absolute Gasteiger partial charge is 0.294 e. The number of hydrogen-bond donors (Lipinski definition) is 3. The van der Waals surface area contributed by atoms with E-state index in [2.05, 4.69) is 15.6 Å². The van der Waals surface area contributed by atoms with Crippen LogP contribution in [0.2, 0.25) is 0 Å². The SMILES string of the molecule is N=NC=NNc1ccc(S(=O)(=O)O)cc1. The Balaban J connectivity index is 2.81. The maximum atomic E-state index is 10.7. The Morgan fingerprint density at radius 1 is 1.33 bits per heavy atom. The van der Waals surface area contributed by atoms with E-state index >= 15 is 0 Å². The van der Waals surface area contributed by atoms with Crippen LogP contribution in [0.4, 0.5) is 5.69 Å². The summed E-state index contributed by atoms with van der Waals surface area (Å²) in [5.41, 5.74) is 9.43. The van der Waals surface area contributed by atoms with E-state index in [-0.39, 0.29) is 4.90 Å². The fraction of sp³-hybridized carbons (Fsp3) is 0. The summed E-state index contributed by atoms with van der Waals surface area (Å²) in [6.45, 7) is 0. The van der Waals surface area contributed by atoms with E-state index < -0.39 is 10.1 Å². The average molecular weight is 228 g/mol. The van der Waals surface area contributed by atoms with Gasteiger partial charge in [-0.3, -0.25) is 9.98 Å². The van der Waals surface area contributed by atoms with Crippen molar-refractivity contribution in [3.63, 3.8) is 0 Å². The molecule has 8 heteroatoms. The zero-order valence-corrected chi connectivity index (χ0v) is 8.27. The number of hydrazone groups is 1. The van der Waals surface area contributed by atoms with Gasteiger partial charge in [0.1, 0.15) is 0 Å². The first kappa shape index (κ1) is 11.3. The fourth-order valence-electron chi connectivity index (χ4n) is 0.834. The number of benzene rings is 1. The monoisotopic (exact) mass is 228 g/mol. The van der Waals surface area contributed by atoms with Crippen molar-refractivity contribution in [1.29, 1.82) is 5.53 Å². The average Bonchev–Trinajstić information content (AvgIpc) is 2.18. The second-order valence-electron chi connectivity index (χ2n) is 2.48. The molecule has 0 spiro atoms. The molecule has 80 valence electrons. The van der Waals surface area contributed by atoms with Gasteiger partial charge in [-0.15, -0.1) is 5.11 Å². The van der Waals surface area contributed by atoms with Crippen molar-refractivity contribution in [2.75, 3.05) is 5.43 Å². The smallest absolute Gasteiger partial charge is 0.282 e. The molecule has 1 aromatic rings. The molecule has 0 aliphatic carbocycles. The van der Waals surface area contributed by atoms with Crippen molar-refractivity contribution in [2.45, 2.75) is 4.90 Å². The lowest BCUT2D eigenvalue weighted by atomic mass is 10.3. The minimum Gasteiger partial charge on any atom is -0.282 e. The van der Waals surface area contributed by atoms with Crippen LogP contribution in [0.5, 0.6) is 0 Å². The quantitative estimate of drug-likeness (QED) is 0.237. The van der Waals surface area contributed by atoms with Crippen molar-refractivity contribution in [1.82, 2.24) is 0 Å². The minimum atomic E-state index is -4.16. The Kier molecular flexibility index (Phi) is 3.47. The summed E-state index contributed by atoms with van der Waals surface area (Å²) in [6, 6.07) is 5.30. The van der Waals surface area contributed by atoms with Gasteiger partial charge in [0.2, 0.25) is 0 Å². The molecule has 0 fully saturated rings. The lowest BCUT2D eigenvalue weighted by Gasteiger charge is -2.00. The van der Waals surface area contributed by atoms with Crippen molar-refractivity contribution in [2.24, 2.45) is 10.2 Å². The molecule has 7 nitrogen and oxygen atoms in total. The molecule has 0 radical (unpaired) electrons. The van der Waals surface area contributed by atoms with E-state index in [1.807, 2.05) is 0 Å². The Hall–Kier alpha value is -1.80. The van der Waals surface area contributed by atoms with E-state index in [0.717, 1.165) is 6.34 Å². The highest BCUT2D eigenvalue weighted by atomic mass is 32.2. The molecule has 1 rings (SSSR count). The Morgan fingerprint density at radius 2 is 1.93 bits per heavy atom. The number of hydrogen-bond acceptors (Lipinski definition) is 5. The molecular weight excluding hydrogens is 220 g/mol. The molecule has 0 bridgehead atoms. The lowest BCUT2D eigenvalue weighted by molar-refractivity contribution is 0.483. The minimum absolute atomic E-state index is 0.192. The fourth-order valence-corrected chi connectivity index (χ4v) is 1.31. The van der Waals surface area contributed by atoms with Crippen LogP contribution < -0.4 is 5.43 Å². The summed E-state index contributed by atoms with van der Waals surface area (Å²) in [7, 11) is -4.16. The summed E-state index contributed by atoms with van der Waals surface area (Å²) >= 11 is 0. The number of nitrogens with zero attached hydrogens (tertiary/aromatic N) is 2. The Morgan fingerprint density at radius 3 is 2.40 bits per heavy atom. The zero-order valence-electron chi connectivity index (χ0n) is 7.45. The van der Waals surface area contributed by atoms with Crippen LogP contribution in [-0.4, -0.2) is 19.3 Å². The molecule has 15 heavy (non-hydrogen) atoms. The normalized spacial score (nSPS) is 11.5. The second-order valence-corrected chi connectivity index (χ2v) is 3.91. The first-order valence-corrected chi connectivity index (χ1v) is 5.20. The van der Waals surface area contributed by atoms with Gasteiger partial charge in [0, 0.05) is 0 Å². The van der Waals surface area contributed by atoms with Gasteiger partial charge in [-0.2, -0.15) is 13.5 Å². The van der Waals surface area contributed by atoms with Gasteiger partial charge in [-0.05, 0) is 24.3 Å². The Bertz CT molecular complexity index is 466. The third kappa shape index (κ3) is 3.44. The number of anilines is 1. The molecule has 0 aromatic heterocycles. The van der Waals surface area contributed by atoms with E-state index in [1.165, 1.54) is 24.3 Å². The van der Waals surface area contributed by atoms with E-state index in [1.54, 1.807) is 0 Å². The van der Waals surface area contributed by atoms with Crippen LogP contribution >= 0.6 is 0 Å². The van der Waals surface area contributed by atoms with Gasteiger partial charge >= 0.3 is 0 Å². The van der Waals surface area contributed by atoms with Gasteiger partial charge in [0.15, 0.2) is 6.34 Å². The van der Waals surface area contributed by atoms with Crippen molar-refractivity contribution >= 4 is 22.1 Å². The summed E-state index contributed by atoms with van der Waals surface area (Å²) in [5, 5.41) is 6.38. The zero-order chi connectivity index (χ0) is 11.3. The molecule has 0 heterocycles. The second kappa shape index (κ2) is 4.62.